The molecule has 2 aromatic rings. The second-order valence-corrected chi connectivity index (χ2v) is 6.52. The maximum atomic E-state index is 13.2. The van der Waals surface area contributed by atoms with E-state index in [1.54, 1.807) is 13.0 Å². The van der Waals surface area contributed by atoms with Gasteiger partial charge in [0.05, 0.1) is 9.88 Å². The Morgan fingerprint density at radius 2 is 1.87 bits per heavy atom. The largest absolute Gasteiger partial charge is 0.321 e. The van der Waals surface area contributed by atoms with E-state index in [0.29, 0.717) is 15.4 Å². The highest BCUT2D eigenvalue weighted by molar-refractivity contribution is 7.18. The molecule has 1 aromatic carbocycles. The van der Waals surface area contributed by atoms with Gasteiger partial charge in [0, 0.05) is 17.7 Å². The van der Waals surface area contributed by atoms with Crippen molar-refractivity contribution in [3.05, 3.63) is 46.3 Å². The molecule has 1 aromatic heterocycles. The number of hydrogen-bond donors (Lipinski definition) is 2. The van der Waals surface area contributed by atoms with Gasteiger partial charge in [-0.05, 0) is 43.5 Å². The van der Waals surface area contributed by atoms with Crippen molar-refractivity contribution in [3.63, 3.8) is 0 Å². The highest BCUT2D eigenvalue weighted by atomic mass is 32.1. The minimum atomic E-state index is -1.02. The SMILES string of the molecule is Cc1cc(NC(=O)C2CC2)sc1C(=O)Nc1ccc(F)c(F)c1. The molecule has 0 bridgehead atoms. The van der Waals surface area contributed by atoms with E-state index in [1.165, 1.54) is 6.07 Å². The molecule has 120 valence electrons. The fourth-order valence-electron chi connectivity index (χ4n) is 2.10. The van der Waals surface area contributed by atoms with Crippen molar-refractivity contribution in [2.75, 3.05) is 10.6 Å². The van der Waals surface area contributed by atoms with E-state index < -0.39 is 17.5 Å². The predicted molar refractivity (Wildman–Crippen MR) is 84.7 cm³/mol. The van der Waals surface area contributed by atoms with Crippen molar-refractivity contribution < 1.29 is 18.4 Å². The van der Waals surface area contributed by atoms with Crippen molar-refractivity contribution in [2.45, 2.75) is 19.8 Å². The number of hydrogen-bond acceptors (Lipinski definition) is 3. The van der Waals surface area contributed by atoms with E-state index >= 15 is 0 Å². The van der Waals surface area contributed by atoms with Gasteiger partial charge in [-0.1, -0.05) is 0 Å². The van der Waals surface area contributed by atoms with E-state index in [-0.39, 0.29) is 17.5 Å². The molecule has 0 aliphatic heterocycles. The number of carbonyl (C=O) groups excluding carboxylic acids is 2. The molecule has 0 spiro atoms. The van der Waals surface area contributed by atoms with Gasteiger partial charge in [-0.2, -0.15) is 0 Å². The minimum absolute atomic E-state index is 0.0289. The third-order valence-electron chi connectivity index (χ3n) is 3.50. The molecular weight excluding hydrogens is 322 g/mol. The van der Waals surface area contributed by atoms with Crippen molar-refractivity contribution >= 4 is 33.8 Å². The molecule has 7 heteroatoms. The number of amides is 2. The molecule has 3 rings (SSSR count). The lowest BCUT2D eigenvalue weighted by Crippen LogP contribution is -2.12. The molecule has 1 fully saturated rings. The fourth-order valence-corrected chi connectivity index (χ4v) is 3.07. The van der Waals surface area contributed by atoms with Crippen LogP contribution >= 0.6 is 11.3 Å². The first-order valence-electron chi connectivity index (χ1n) is 7.12. The number of nitrogens with one attached hydrogen (secondary N) is 2. The van der Waals surface area contributed by atoms with Crippen LogP contribution in [0.4, 0.5) is 19.5 Å². The molecule has 0 atom stereocenters. The van der Waals surface area contributed by atoms with Crippen LogP contribution in [0.25, 0.3) is 0 Å². The molecule has 0 unspecified atom stereocenters. The summed E-state index contributed by atoms with van der Waals surface area (Å²) in [5.41, 5.74) is 0.881. The predicted octanol–water partition coefficient (Wildman–Crippen LogP) is 3.94. The number of thiophene rings is 1. The van der Waals surface area contributed by atoms with Crippen LogP contribution in [0.5, 0.6) is 0 Å². The third-order valence-corrected chi connectivity index (χ3v) is 4.65. The maximum absolute atomic E-state index is 13.2. The minimum Gasteiger partial charge on any atom is -0.321 e. The van der Waals surface area contributed by atoms with Crippen LogP contribution in [0.3, 0.4) is 0 Å². The Morgan fingerprint density at radius 1 is 1.13 bits per heavy atom. The lowest BCUT2D eigenvalue weighted by molar-refractivity contribution is -0.117. The van der Waals surface area contributed by atoms with Gasteiger partial charge in [0.1, 0.15) is 0 Å². The van der Waals surface area contributed by atoms with Crippen molar-refractivity contribution in [2.24, 2.45) is 5.92 Å². The molecular formula is C16H14F2N2O2S. The van der Waals surface area contributed by atoms with Crippen LogP contribution in [0.15, 0.2) is 24.3 Å². The molecule has 0 radical (unpaired) electrons. The van der Waals surface area contributed by atoms with Crippen LogP contribution in [0.2, 0.25) is 0 Å². The Kier molecular flexibility index (Phi) is 4.12. The Bertz CT molecular complexity index is 784. The Hall–Kier alpha value is -2.28. The Balaban J connectivity index is 1.72. The van der Waals surface area contributed by atoms with E-state index in [9.17, 15) is 18.4 Å². The summed E-state index contributed by atoms with van der Waals surface area (Å²) in [6.07, 6.45) is 1.80. The standard InChI is InChI=1S/C16H14F2N2O2S/c1-8-6-13(20-15(21)9-2-3-9)23-14(8)16(22)19-10-4-5-11(17)12(18)7-10/h4-7,9H,2-3H2,1H3,(H,19,22)(H,20,21). The topological polar surface area (TPSA) is 58.2 Å². The zero-order chi connectivity index (χ0) is 16.6. The zero-order valence-corrected chi connectivity index (χ0v) is 13.1. The number of rotatable bonds is 4. The van der Waals surface area contributed by atoms with Gasteiger partial charge >= 0.3 is 0 Å². The molecule has 2 amide bonds. The Labute approximate surface area is 135 Å². The summed E-state index contributed by atoms with van der Waals surface area (Å²) >= 11 is 1.16. The lowest BCUT2D eigenvalue weighted by Gasteiger charge is -2.05. The summed E-state index contributed by atoms with van der Waals surface area (Å²) in [5, 5.41) is 5.92. The summed E-state index contributed by atoms with van der Waals surface area (Å²) < 4.78 is 26.1. The highest BCUT2D eigenvalue weighted by Crippen LogP contribution is 2.33. The van der Waals surface area contributed by atoms with E-state index in [4.69, 9.17) is 0 Å². The average Bonchev–Trinajstić information content (AvgIpc) is 3.27. The van der Waals surface area contributed by atoms with Crippen molar-refractivity contribution in [1.82, 2.24) is 0 Å². The Morgan fingerprint density at radius 3 is 2.52 bits per heavy atom. The molecule has 1 aliphatic carbocycles. The number of aryl methyl sites for hydroxylation is 1. The monoisotopic (exact) mass is 336 g/mol. The van der Waals surface area contributed by atoms with Crippen LogP contribution in [-0.2, 0) is 4.79 Å². The van der Waals surface area contributed by atoms with Gasteiger partial charge in [0.25, 0.3) is 5.91 Å². The van der Waals surface area contributed by atoms with Crippen LogP contribution in [0, 0.1) is 24.5 Å². The quantitative estimate of drug-likeness (QED) is 0.888. The zero-order valence-electron chi connectivity index (χ0n) is 12.3. The normalized spacial score (nSPS) is 13.7. The van der Waals surface area contributed by atoms with Gasteiger partial charge in [0.2, 0.25) is 5.91 Å². The smallest absolute Gasteiger partial charge is 0.266 e. The molecule has 4 nitrogen and oxygen atoms in total. The number of benzene rings is 1. The first kappa shape index (κ1) is 15.6. The molecule has 23 heavy (non-hydrogen) atoms. The van der Waals surface area contributed by atoms with Gasteiger partial charge in [-0.15, -0.1) is 11.3 Å². The maximum Gasteiger partial charge on any atom is 0.266 e. The number of anilines is 2. The molecule has 1 saturated carbocycles. The number of halogens is 2. The summed E-state index contributed by atoms with van der Waals surface area (Å²) in [6.45, 7) is 1.75. The molecule has 0 saturated heterocycles. The summed E-state index contributed by atoms with van der Waals surface area (Å²) in [4.78, 5) is 24.4. The number of carbonyl (C=O) groups is 2. The van der Waals surface area contributed by atoms with Crippen LogP contribution in [-0.4, -0.2) is 11.8 Å². The second-order valence-electron chi connectivity index (χ2n) is 5.47. The van der Waals surface area contributed by atoms with Crippen molar-refractivity contribution in [1.29, 1.82) is 0 Å². The van der Waals surface area contributed by atoms with Crippen LogP contribution < -0.4 is 10.6 Å². The van der Waals surface area contributed by atoms with Crippen LogP contribution in [0.1, 0.15) is 28.1 Å². The first-order chi connectivity index (χ1) is 10.9. The van der Waals surface area contributed by atoms with Gasteiger partial charge in [-0.25, -0.2) is 8.78 Å². The van der Waals surface area contributed by atoms with Crippen molar-refractivity contribution in [3.8, 4) is 0 Å². The third kappa shape index (κ3) is 3.56. The van der Waals surface area contributed by atoms with Gasteiger partial charge < -0.3 is 10.6 Å². The fraction of sp³-hybridized carbons (Fsp3) is 0.250. The average molecular weight is 336 g/mol. The van der Waals surface area contributed by atoms with E-state index in [0.717, 1.165) is 36.3 Å². The first-order valence-corrected chi connectivity index (χ1v) is 7.93. The highest BCUT2D eigenvalue weighted by Gasteiger charge is 2.30. The lowest BCUT2D eigenvalue weighted by atomic mass is 10.2. The molecule has 1 heterocycles. The molecule has 2 N–H and O–H groups in total. The second kappa shape index (κ2) is 6.08. The van der Waals surface area contributed by atoms with Gasteiger partial charge in [-0.3, -0.25) is 9.59 Å². The summed E-state index contributed by atoms with van der Waals surface area (Å²) in [6, 6.07) is 4.89. The van der Waals surface area contributed by atoms with E-state index in [1.807, 2.05) is 0 Å². The summed E-state index contributed by atoms with van der Waals surface area (Å²) in [7, 11) is 0. The molecule has 1 aliphatic rings. The summed E-state index contributed by atoms with van der Waals surface area (Å²) in [5.74, 6) is -2.37. The van der Waals surface area contributed by atoms with Gasteiger partial charge in [0.15, 0.2) is 11.6 Å². The van der Waals surface area contributed by atoms with E-state index in [2.05, 4.69) is 10.6 Å².